The van der Waals surface area contributed by atoms with E-state index in [1.807, 2.05) is 72.9 Å². The Kier molecular flexibility index (Phi) is 5.68. The highest BCUT2D eigenvalue weighted by Crippen LogP contribution is 2.40. The Labute approximate surface area is 174 Å². The van der Waals surface area contributed by atoms with Gasteiger partial charge in [-0.2, -0.15) is 0 Å². The van der Waals surface area contributed by atoms with Gasteiger partial charge in [-0.3, -0.25) is 0 Å². The van der Waals surface area contributed by atoms with E-state index in [0.717, 1.165) is 38.8 Å². The molecule has 0 amide bonds. The Morgan fingerprint density at radius 2 is 1.38 bits per heavy atom. The van der Waals surface area contributed by atoms with Gasteiger partial charge in [-0.25, -0.2) is 9.98 Å². The number of rotatable bonds is 6. The van der Waals surface area contributed by atoms with Gasteiger partial charge in [-0.1, -0.05) is 41.7 Å². The zero-order chi connectivity index (χ0) is 20.1. The van der Waals surface area contributed by atoms with Crippen LogP contribution in [0.15, 0.2) is 83.9 Å². The molecule has 4 aromatic rings. The van der Waals surface area contributed by atoms with Crippen molar-refractivity contribution in [1.82, 2.24) is 4.98 Å². The molecular formula is C24H20N2O2S. The molecule has 0 radical (unpaired) electrons. The minimum absolute atomic E-state index is 0.713. The molecule has 3 aromatic carbocycles. The Hall–Kier alpha value is -3.44. The molecule has 4 rings (SSSR count). The van der Waals surface area contributed by atoms with Crippen LogP contribution in [0.4, 0.5) is 5.13 Å². The van der Waals surface area contributed by atoms with Gasteiger partial charge in [-0.15, -0.1) is 0 Å². The smallest absolute Gasteiger partial charge is 0.210 e. The summed E-state index contributed by atoms with van der Waals surface area (Å²) in [5, 5.41) is 0.713. The summed E-state index contributed by atoms with van der Waals surface area (Å²) < 4.78 is 10.5. The van der Waals surface area contributed by atoms with E-state index in [0.29, 0.717) is 5.13 Å². The van der Waals surface area contributed by atoms with Crippen molar-refractivity contribution in [2.24, 2.45) is 4.99 Å². The first-order chi connectivity index (χ1) is 14.3. The molecule has 0 saturated carbocycles. The molecule has 0 atom stereocenters. The van der Waals surface area contributed by atoms with Gasteiger partial charge in [0.1, 0.15) is 11.5 Å². The topological polar surface area (TPSA) is 43.7 Å². The lowest BCUT2D eigenvalue weighted by Crippen LogP contribution is -1.85. The van der Waals surface area contributed by atoms with E-state index in [4.69, 9.17) is 14.5 Å². The van der Waals surface area contributed by atoms with Crippen LogP contribution in [-0.4, -0.2) is 25.4 Å². The van der Waals surface area contributed by atoms with Crippen molar-refractivity contribution in [3.05, 3.63) is 84.4 Å². The van der Waals surface area contributed by atoms with E-state index in [2.05, 4.69) is 17.1 Å². The predicted octanol–water partition coefficient (Wildman–Crippen LogP) is 6.24. The molecule has 0 aliphatic carbocycles. The van der Waals surface area contributed by atoms with Crippen LogP contribution in [-0.2, 0) is 0 Å². The molecule has 144 valence electrons. The quantitative estimate of drug-likeness (QED) is 0.360. The van der Waals surface area contributed by atoms with Crippen LogP contribution in [0.1, 0.15) is 5.56 Å². The number of aromatic nitrogens is 1. The second-order valence-electron chi connectivity index (χ2n) is 6.30. The van der Waals surface area contributed by atoms with Crippen LogP contribution in [0, 0.1) is 0 Å². The van der Waals surface area contributed by atoms with Crippen molar-refractivity contribution < 1.29 is 9.47 Å². The van der Waals surface area contributed by atoms with Crippen molar-refractivity contribution in [3.63, 3.8) is 0 Å². The second kappa shape index (κ2) is 8.71. The first-order valence-corrected chi connectivity index (χ1v) is 9.97. The zero-order valence-electron chi connectivity index (χ0n) is 16.2. The third kappa shape index (κ3) is 4.36. The van der Waals surface area contributed by atoms with E-state index < -0.39 is 0 Å². The molecule has 0 aliphatic rings. The lowest BCUT2D eigenvalue weighted by atomic mass is 10.1. The molecule has 5 heteroatoms. The maximum Gasteiger partial charge on any atom is 0.210 e. The van der Waals surface area contributed by atoms with Crippen molar-refractivity contribution >= 4 is 22.7 Å². The molecule has 0 N–H and O–H groups in total. The fraction of sp³-hybridized carbons (Fsp3) is 0.0833. The SMILES string of the molecule is COc1ccc(C=Nc2nc(-c3ccc(OC)cc3)c(-c3ccccc3)s2)cc1. The van der Waals surface area contributed by atoms with Crippen LogP contribution in [0.3, 0.4) is 0 Å². The third-order valence-electron chi connectivity index (χ3n) is 4.46. The lowest BCUT2D eigenvalue weighted by Gasteiger charge is -2.04. The Bertz CT molecular complexity index is 1100. The predicted molar refractivity (Wildman–Crippen MR) is 120 cm³/mol. The fourth-order valence-electron chi connectivity index (χ4n) is 2.91. The summed E-state index contributed by atoms with van der Waals surface area (Å²) in [7, 11) is 3.32. The number of benzene rings is 3. The van der Waals surface area contributed by atoms with Crippen LogP contribution in [0.25, 0.3) is 21.7 Å². The molecule has 0 saturated heterocycles. The Morgan fingerprint density at radius 3 is 2.00 bits per heavy atom. The summed E-state index contributed by atoms with van der Waals surface area (Å²) in [6, 6.07) is 26.0. The largest absolute Gasteiger partial charge is 0.497 e. The average Bonchev–Trinajstić information content (AvgIpc) is 3.23. The molecule has 29 heavy (non-hydrogen) atoms. The van der Waals surface area contributed by atoms with E-state index >= 15 is 0 Å². The van der Waals surface area contributed by atoms with Crippen molar-refractivity contribution in [2.45, 2.75) is 0 Å². The fourth-order valence-corrected chi connectivity index (χ4v) is 3.85. The van der Waals surface area contributed by atoms with Crippen LogP contribution < -0.4 is 9.47 Å². The second-order valence-corrected chi connectivity index (χ2v) is 7.28. The molecule has 0 unspecified atom stereocenters. The summed E-state index contributed by atoms with van der Waals surface area (Å²) in [4.78, 5) is 10.5. The Morgan fingerprint density at radius 1 is 0.759 bits per heavy atom. The minimum atomic E-state index is 0.713. The van der Waals surface area contributed by atoms with Gasteiger partial charge in [0.25, 0.3) is 0 Å². The van der Waals surface area contributed by atoms with Crippen LogP contribution >= 0.6 is 11.3 Å². The molecular weight excluding hydrogens is 380 g/mol. The summed E-state index contributed by atoms with van der Waals surface area (Å²) in [6.45, 7) is 0. The first-order valence-electron chi connectivity index (χ1n) is 9.15. The number of nitrogens with zero attached hydrogens (tertiary/aromatic N) is 2. The average molecular weight is 401 g/mol. The summed E-state index contributed by atoms with van der Waals surface area (Å²) in [5.41, 5.74) is 4.08. The molecule has 0 aliphatic heterocycles. The number of hydrogen-bond donors (Lipinski definition) is 0. The van der Waals surface area contributed by atoms with Gasteiger partial charge in [-0.05, 0) is 59.7 Å². The van der Waals surface area contributed by atoms with Crippen molar-refractivity contribution in [3.8, 4) is 33.2 Å². The number of methoxy groups -OCH3 is 2. The Balaban J connectivity index is 1.71. The van der Waals surface area contributed by atoms with Gasteiger partial charge >= 0.3 is 0 Å². The first kappa shape index (κ1) is 18.9. The maximum absolute atomic E-state index is 5.28. The monoisotopic (exact) mass is 400 g/mol. The molecule has 4 nitrogen and oxygen atoms in total. The van der Waals surface area contributed by atoms with E-state index in [1.54, 1.807) is 25.6 Å². The highest BCUT2D eigenvalue weighted by Gasteiger charge is 2.14. The number of thiazole rings is 1. The van der Waals surface area contributed by atoms with Crippen molar-refractivity contribution in [1.29, 1.82) is 0 Å². The lowest BCUT2D eigenvalue weighted by molar-refractivity contribution is 0.414. The van der Waals surface area contributed by atoms with Gasteiger partial charge in [0.05, 0.1) is 24.8 Å². The number of ether oxygens (including phenoxy) is 2. The molecule has 0 fully saturated rings. The zero-order valence-corrected chi connectivity index (χ0v) is 17.0. The molecule has 1 aromatic heterocycles. The highest BCUT2D eigenvalue weighted by molar-refractivity contribution is 7.19. The van der Waals surface area contributed by atoms with E-state index in [9.17, 15) is 0 Å². The summed E-state index contributed by atoms with van der Waals surface area (Å²) in [6.07, 6.45) is 1.82. The molecule has 1 heterocycles. The van der Waals surface area contributed by atoms with Crippen LogP contribution in [0.5, 0.6) is 11.5 Å². The van der Waals surface area contributed by atoms with Gasteiger partial charge in [0.15, 0.2) is 0 Å². The van der Waals surface area contributed by atoms with E-state index in [1.165, 1.54) is 0 Å². The van der Waals surface area contributed by atoms with E-state index in [-0.39, 0.29) is 0 Å². The van der Waals surface area contributed by atoms with Gasteiger partial charge < -0.3 is 9.47 Å². The third-order valence-corrected chi connectivity index (χ3v) is 5.47. The normalized spacial score (nSPS) is 11.0. The minimum Gasteiger partial charge on any atom is -0.497 e. The van der Waals surface area contributed by atoms with Gasteiger partial charge in [0.2, 0.25) is 5.13 Å². The molecule has 0 spiro atoms. The molecule has 0 bridgehead atoms. The van der Waals surface area contributed by atoms with Gasteiger partial charge in [0, 0.05) is 11.8 Å². The maximum atomic E-state index is 5.28. The standard InChI is InChI=1S/C24H20N2O2S/c1-27-20-12-8-17(9-13-20)16-25-24-26-22(18-10-14-21(28-2)15-11-18)23(29-24)19-6-4-3-5-7-19/h3-16H,1-2H3. The number of aliphatic imine (C=N–C) groups is 1. The van der Waals surface area contributed by atoms with Crippen molar-refractivity contribution in [2.75, 3.05) is 14.2 Å². The summed E-state index contributed by atoms with van der Waals surface area (Å²) >= 11 is 1.58. The highest BCUT2D eigenvalue weighted by atomic mass is 32.1. The van der Waals surface area contributed by atoms with Crippen LogP contribution in [0.2, 0.25) is 0 Å². The number of hydrogen-bond acceptors (Lipinski definition) is 5. The summed E-state index contributed by atoms with van der Waals surface area (Å²) in [5.74, 6) is 1.65.